The lowest BCUT2D eigenvalue weighted by Gasteiger charge is -2.04. The van der Waals surface area contributed by atoms with E-state index in [1.165, 1.54) is 28.2 Å². The summed E-state index contributed by atoms with van der Waals surface area (Å²) in [6.07, 6.45) is 0. The van der Waals surface area contributed by atoms with Crippen LogP contribution >= 0.6 is 22.7 Å². The van der Waals surface area contributed by atoms with Crippen LogP contribution in [0.15, 0.2) is 29.0 Å². The number of hydrogen-bond donors (Lipinski definition) is 0. The van der Waals surface area contributed by atoms with Gasteiger partial charge in [-0.15, -0.1) is 22.7 Å². The van der Waals surface area contributed by atoms with Gasteiger partial charge in [-0.1, -0.05) is 23.8 Å². The summed E-state index contributed by atoms with van der Waals surface area (Å²) in [5.41, 5.74) is 4.47. The van der Waals surface area contributed by atoms with Crippen molar-refractivity contribution in [2.75, 3.05) is 0 Å². The summed E-state index contributed by atoms with van der Waals surface area (Å²) in [5.74, 6) is -1.18. The topological polar surface area (TPSA) is 66.6 Å². The second kappa shape index (κ2) is 6.63. The molecule has 1 unspecified atom stereocenters. The quantitative estimate of drug-likeness (QED) is 0.639. The Balaban J connectivity index is 1.92. The molecule has 0 radical (unpaired) electrons. The Bertz CT molecular complexity index is 949. The van der Waals surface area contributed by atoms with E-state index in [1.807, 2.05) is 38.3 Å². The molecule has 1 atom stereocenters. The Morgan fingerprint density at radius 2 is 1.96 bits per heavy atom. The molecule has 0 amide bonds. The van der Waals surface area contributed by atoms with E-state index in [9.17, 15) is 10.1 Å². The number of aromatic nitrogens is 2. The molecule has 0 saturated carbocycles. The van der Waals surface area contributed by atoms with E-state index >= 15 is 0 Å². The molecule has 0 aliphatic heterocycles. The summed E-state index contributed by atoms with van der Waals surface area (Å²) in [7, 11) is 0. The van der Waals surface area contributed by atoms with Crippen molar-refractivity contribution in [2.45, 2.75) is 26.7 Å². The van der Waals surface area contributed by atoms with Gasteiger partial charge in [0, 0.05) is 22.0 Å². The van der Waals surface area contributed by atoms with Gasteiger partial charge in [0.1, 0.15) is 15.7 Å². The van der Waals surface area contributed by atoms with Crippen molar-refractivity contribution in [3.05, 3.63) is 56.5 Å². The minimum absolute atomic E-state index is 0.292. The molecule has 0 aliphatic rings. The normalized spacial score (nSPS) is 11.9. The summed E-state index contributed by atoms with van der Waals surface area (Å²) in [6, 6.07) is 8.20. The summed E-state index contributed by atoms with van der Waals surface area (Å²) in [4.78, 5) is 21.4. The number of benzene rings is 1. The van der Waals surface area contributed by atoms with E-state index in [-0.39, 0.29) is 5.78 Å². The van der Waals surface area contributed by atoms with Crippen LogP contribution in [0.2, 0.25) is 0 Å². The van der Waals surface area contributed by atoms with Crippen LogP contribution in [-0.4, -0.2) is 15.8 Å². The van der Waals surface area contributed by atoms with E-state index in [0.29, 0.717) is 10.7 Å². The van der Waals surface area contributed by atoms with Crippen LogP contribution in [0.4, 0.5) is 0 Å². The van der Waals surface area contributed by atoms with E-state index in [4.69, 9.17) is 0 Å². The number of nitriles is 1. The number of Topliss-reactive ketones (excluding diaryl/α,β-unsaturated/α-hetero) is 1. The summed E-state index contributed by atoms with van der Waals surface area (Å²) >= 11 is 2.75. The zero-order valence-electron chi connectivity index (χ0n) is 13.5. The van der Waals surface area contributed by atoms with Crippen LogP contribution in [0, 0.1) is 32.1 Å². The second-order valence-electron chi connectivity index (χ2n) is 5.61. The lowest BCUT2D eigenvalue weighted by atomic mass is 10.0. The van der Waals surface area contributed by atoms with E-state index in [2.05, 4.69) is 22.1 Å². The molecule has 1 aromatic carbocycles. The monoisotopic (exact) mass is 353 g/mol. The van der Waals surface area contributed by atoms with Crippen molar-refractivity contribution in [3.8, 4) is 16.6 Å². The molecule has 3 rings (SSSR count). The molecule has 0 N–H and O–H groups in total. The van der Waals surface area contributed by atoms with Crippen molar-refractivity contribution >= 4 is 28.5 Å². The molecule has 24 heavy (non-hydrogen) atoms. The first-order valence-corrected chi connectivity index (χ1v) is 9.14. The number of carbonyl (C=O) groups is 1. The van der Waals surface area contributed by atoms with Gasteiger partial charge in [-0.05, 0) is 26.3 Å². The molecule has 0 aliphatic carbocycles. The number of rotatable bonds is 4. The Morgan fingerprint density at radius 3 is 2.58 bits per heavy atom. The van der Waals surface area contributed by atoms with Crippen molar-refractivity contribution in [2.24, 2.45) is 0 Å². The molecule has 0 fully saturated rings. The van der Waals surface area contributed by atoms with Crippen LogP contribution < -0.4 is 0 Å². The lowest BCUT2D eigenvalue weighted by molar-refractivity contribution is 0.0974. The van der Waals surface area contributed by atoms with Gasteiger partial charge in [0.25, 0.3) is 0 Å². The molecule has 120 valence electrons. The average molecular weight is 353 g/mol. The maximum Gasteiger partial charge on any atom is 0.206 e. The zero-order chi connectivity index (χ0) is 17.3. The third kappa shape index (κ3) is 3.14. The highest BCUT2D eigenvalue weighted by Crippen LogP contribution is 2.30. The fraction of sp³-hybridized carbons (Fsp3) is 0.222. The fourth-order valence-corrected chi connectivity index (χ4v) is 4.18. The molecule has 2 heterocycles. The third-order valence-electron chi connectivity index (χ3n) is 3.64. The summed E-state index contributed by atoms with van der Waals surface area (Å²) in [5, 5.41) is 14.3. The Labute approximate surface area is 148 Å². The molecular formula is C18H15N3OS2. The van der Waals surface area contributed by atoms with Gasteiger partial charge < -0.3 is 0 Å². The average Bonchev–Trinajstić information content (AvgIpc) is 3.17. The first kappa shape index (κ1) is 16.5. The largest absolute Gasteiger partial charge is 0.290 e. The van der Waals surface area contributed by atoms with Crippen molar-refractivity contribution in [1.29, 1.82) is 5.26 Å². The maximum absolute atomic E-state index is 12.7. The van der Waals surface area contributed by atoms with Crippen molar-refractivity contribution in [1.82, 2.24) is 9.97 Å². The highest BCUT2D eigenvalue weighted by molar-refractivity contribution is 7.13. The van der Waals surface area contributed by atoms with Gasteiger partial charge in [-0.2, -0.15) is 5.26 Å². The zero-order valence-corrected chi connectivity index (χ0v) is 15.2. The smallest absolute Gasteiger partial charge is 0.206 e. The second-order valence-corrected chi connectivity index (χ2v) is 7.36. The van der Waals surface area contributed by atoms with Crippen LogP contribution in [0.1, 0.15) is 38.2 Å². The van der Waals surface area contributed by atoms with E-state index in [0.717, 1.165) is 21.8 Å². The summed E-state index contributed by atoms with van der Waals surface area (Å²) < 4.78 is 0. The number of thiazole rings is 2. The van der Waals surface area contributed by atoms with Crippen LogP contribution in [0.3, 0.4) is 0 Å². The highest BCUT2D eigenvalue weighted by atomic mass is 32.1. The predicted octanol–water partition coefficient (Wildman–Crippen LogP) is 4.68. The molecule has 0 bridgehead atoms. The molecule has 3 aromatic rings. The standard InChI is InChI=1S/C18H15N3OS2/c1-10-4-5-13(11(2)6-10)17-21-15(9-24-17)16(22)14(7-19)18-20-12(3)8-23-18/h4-6,8-9,14H,1-3H3. The van der Waals surface area contributed by atoms with Crippen molar-refractivity contribution in [3.63, 3.8) is 0 Å². The first-order chi connectivity index (χ1) is 11.5. The van der Waals surface area contributed by atoms with Gasteiger partial charge in [0.15, 0.2) is 5.92 Å². The number of carbonyl (C=O) groups excluding carboxylic acids is 1. The molecule has 0 spiro atoms. The number of ketones is 1. The fourth-order valence-electron chi connectivity index (χ4n) is 2.44. The van der Waals surface area contributed by atoms with Gasteiger partial charge in [0.05, 0.1) is 6.07 Å². The van der Waals surface area contributed by atoms with Gasteiger partial charge in [-0.25, -0.2) is 9.97 Å². The van der Waals surface area contributed by atoms with Crippen molar-refractivity contribution < 1.29 is 4.79 Å². The molecule has 0 saturated heterocycles. The minimum atomic E-state index is -0.891. The lowest BCUT2D eigenvalue weighted by Crippen LogP contribution is -2.11. The SMILES string of the molecule is Cc1ccc(-c2nc(C(=O)C(C#N)c3nc(C)cs3)cs2)c(C)c1. The first-order valence-electron chi connectivity index (χ1n) is 7.38. The van der Waals surface area contributed by atoms with Gasteiger partial charge in [-0.3, -0.25) is 4.79 Å². The number of nitrogens with zero attached hydrogens (tertiary/aromatic N) is 3. The Morgan fingerprint density at radius 1 is 1.17 bits per heavy atom. The van der Waals surface area contributed by atoms with Crippen LogP contribution in [0.5, 0.6) is 0 Å². The molecule has 2 aromatic heterocycles. The van der Waals surface area contributed by atoms with E-state index < -0.39 is 5.92 Å². The van der Waals surface area contributed by atoms with Crippen LogP contribution in [0.25, 0.3) is 10.6 Å². The Hall–Kier alpha value is -2.36. The summed E-state index contributed by atoms with van der Waals surface area (Å²) in [6.45, 7) is 5.92. The van der Waals surface area contributed by atoms with Gasteiger partial charge in [0.2, 0.25) is 5.78 Å². The maximum atomic E-state index is 12.7. The third-order valence-corrected chi connectivity index (χ3v) is 5.55. The Kier molecular flexibility index (Phi) is 4.56. The van der Waals surface area contributed by atoms with Crippen LogP contribution in [-0.2, 0) is 0 Å². The molecular weight excluding hydrogens is 338 g/mol. The molecule has 4 nitrogen and oxygen atoms in total. The molecule has 6 heteroatoms. The predicted molar refractivity (Wildman–Crippen MR) is 96.6 cm³/mol. The number of aryl methyl sites for hydroxylation is 3. The minimum Gasteiger partial charge on any atom is -0.290 e. The van der Waals surface area contributed by atoms with Gasteiger partial charge >= 0.3 is 0 Å². The highest BCUT2D eigenvalue weighted by Gasteiger charge is 2.27. The van der Waals surface area contributed by atoms with E-state index in [1.54, 1.807) is 5.38 Å². The number of hydrogen-bond acceptors (Lipinski definition) is 6.